The number of fused-ring (bicyclic) bond motifs is 1. The first kappa shape index (κ1) is 20.3. The van der Waals surface area contributed by atoms with Crippen LogP contribution in [0.2, 0.25) is 0 Å². The normalized spacial score (nSPS) is 19.9. The molecule has 2 aliphatic rings. The van der Waals surface area contributed by atoms with Gasteiger partial charge in [-0.25, -0.2) is 10.1 Å². The van der Waals surface area contributed by atoms with Crippen LogP contribution in [0.4, 0.5) is 5.82 Å². The Labute approximate surface area is 184 Å². The largest absolute Gasteiger partial charge is 0.378 e. The number of hydrogen-bond donors (Lipinski definition) is 2. The van der Waals surface area contributed by atoms with Gasteiger partial charge in [0.1, 0.15) is 0 Å². The monoisotopic (exact) mass is 435 g/mol. The molecule has 1 amide bonds. The van der Waals surface area contributed by atoms with Gasteiger partial charge in [0.25, 0.3) is 5.91 Å². The molecule has 0 radical (unpaired) electrons. The van der Waals surface area contributed by atoms with Crippen LogP contribution in [0.5, 0.6) is 0 Å². The number of hydrazone groups is 1. The number of rotatable bonds is 5. The lowest BCUT2D eigenvalue weighted by molar-refractivity contribution is 0.0944. The Kier molecular flexibility index (Phi) is 5.39. The summed E-state index contributed by atoms with van der Waals surface area (Å²) in [7, 11) is 0. The number of aromatic nitrogens is 5. The van der Waals surface area contributed by atoms with E-state index in [1.165, 1.54) is 16.7 Å². The molecule has 0 saturated carbocycles. The summed E-state index contributed by atoms with van der Waals surface area (Å²) < 4.78 is 6.16. The SMILES string of the molecule is C[C@@H]1CCCCN1Cc1c(C(=O)N/N=C2\CCc3ccccc32)nnn1-c1nonc1N. The van der Waals surface area contributed by atoms with Gasteiger partial charge < -0.3 is 5.73 Å². The third kappa shape index (κ3) is 3.75. The maximum atomic E-state index is 13.1. The van der Waals surface area contributed by atoms with Crippen molar-refractivity contribution in [1.82, 2.24) is 35.6 Å². The van der Waals surface area contributed by atoms with Crippen LogP contribution in [-0.4, -0.2) is 54.4 Å². The number of benzene rings is 1. The minimum absolute atomic E-state index is 0.0811. The number of nitrogens with zero attached hydrogens (tertiary/aromatic N) is 7. The van der Waals surface area contributed by atoms with Crippen LogP contribution in [-0.2, 0) is 13.0 Å². The highest BCUT2D eigenvalue weighted by atomic mass is 16.6. The zero-order chi connectivity index (χ0) is 22.1. The topological polar surface area (TPSA) is 140 Å². The van der Waals surface area contributed by atoms with Gasteiger partial charge in [0.05, 0.1) is 11.4 Å². The fraction of sp³-hybridized carbons (Fsp3) is 0.429. The minimum Gasteiger partial charge on any atom is -0.378 e. The van der Waals surface area contributed by atoms with Gasteiger partial charge in [0.15, 0.2) is 5.69 Å². The molecular weight excluding hydrogens is 410 g/mol. The molecule has 2 aromatic heterocycles. The average Bonchev–Trinajstić information content (AvgIpc) is 3.52. The van der Waals surface area contributed by atoms with Crippen LogP contribution in [0, 0.1) is 0 Å². The first-order valence-electron chi connectivity index (χ1n) is 10.8. The van der Waals surface area contributed by atoms with E-state index in [1.807, 2.05) is 18.2 Å². The van der Waals surface area contributed by atoms with Crippen LogP contribution in [0.25, 0.3) is 5.82 Å². The lowest BCUT2D eigenvalue weighted by Crippen LogP contribution is -2.38. The van der Waals surface area contributed by atoms with E-state index in [-0.39, 0.29) is 17.3 Å². The second kappa shape index (κ2) is 8.50. The summed E-state index contributed by atoms with van der Waals surface area (Å²) in [4.78, 5) is 15.4. The van der Waals surface area contributed by atoms with E-state index in [4.69, 9.17) is 10.4 Å². The maximum absolute atomic E-state index is 13.1. The van der Waals surface area contributed by atoms with E-state index in [0.29, 0.717) is 18.3 Å². The highest BCUT2D eigenvalue weighted by Gasteiger charge is 2.28. The summed E-state index contributed by atoms with van der Waals surface area (Å²) in [6.07, 6.45) is 5.10. The molecule has 11 nitrogen and oxygen atoms in total. The summed E-state index contributed by atoms with van der Waals surface area (Å²) >= 11 is 0. The Bertz CT molecular complexity index is 1170. The second-order valence-electron chi connectivity index (χ2n) is 8.24. The number of likely N-dealkylation sites (tertiary alicyclic amines) is 1. The predicted octanol–water partition coefficient (Wildman–Crippen LogP) is 1.69. The molecule has 0 spiro atoms. The van der Waals surface area contributed by atoms with Crippen molar-refractivity contribution in [3.05, 3.63) is 46.8 Å². The van der Waals surface area contributed by atoms with E-state index in [1.54, 1.807) is 0 Å². The van der Waals surface area contributed by atoms with Gasteiger partial charge >= 0.3 is 0 Å². The molecule has 1 saturated heterocycles. The highest BCUT2D eigenvalue weighted by molar-refractivity contribution is 6.05. The Morgan fingerprint density at radius 1 is 1.28 bits per heavy atom. The van der Waals surface area contributed by atoms with Gasteiger partial charge in [0.2, 0.25) is 11.6 Å². The third-order valence-electron chi connectivity index (χ3n) is 6.22. The fourth-order valence-electron chi connectivity index (χ4n) is 4.41. The van der Waals surface area contributed by atoms with Gasteiger partial charge in [-0.05, 0) is 55.0 Å². The molecule has 1 fully saturated rings. The molecular formula is C21H25N9O2. The van der Waals surface area contributed by atoms with Gasteiger partial charge in [-0.2, -0.15) is 9.78 Å². The van der Waals surface area contributed by atoms with Crippen molar-refractivity contribution in [1.29, 1.82) is 0 Å². The van der Waals surface area contributed by atoms with Gasteiger partial charge in [-0.15, -0.1) is 5.10 Å². The molecule has 1 aromatic carbocycles. The highest BCUT2D eigenvalue weighted by Crippen LogP contribution is 2.24. The zero-order valence-corrected chi connectivity index (χ0v) is 17.9. The number of amides is 1. The Balaban J connectivity index is 1.44. The number of nitrogens with one attached hydrogen (secondary N) is 1. The first-order chi connectivity index (χ1) is 15.6. The molecule has 3 heterocycles. The number of nitrogens with two attached hydrogens (primary N) is 1. The van der Waals surface area contributed by atoms with E-state index in [0.717, 1.165) is 43.5 Å². The molecule has 1 aliphatic carbocycles. The van der Waals surface area contributed by atoms with Crippen LogP contribution >= 0.6 is 0 Å². The summed E-state index contributed by atoms with van der Waals surface area (Å²) in [6, 6.07) is 8.47. The van der Waals surface area contributed by atoms with Crippen LogP contribution in [0.3, 0.4) is 0 Å². The number of aryl methyl sites for hydroxylation is 1. The van der Waals surface area contributed by atoms with Crippen LogP contribution < -0.4 is 11.2 Å². The number of anilines is 1. The van der Waals surface area contributed by atoms with Crippen molar-refractivity contribution in [3.63, 3.8) is 0 Å². The average molecular weight is 435 g/mol. The lowest BCUT2D eigenvalue weighted by atomic mass is 10.0. The minimum atomic E-state index is -0.428. The number of hydrogen-bond acceptors (Lipinski definition) is 9. The summed E-state index contributed by atoms with van der Waals surface area (Å²) in [5.41, 5.74) is 12.5. The lowest BCUT2D eigenvalue weighted by Gasteiger charge is -2.33. The Morgan fingerprint density at radius 3 is 2.97 bits per heavy atom. The number of carbonyl (C=O) groups excluding carboxylic acids is 1. The standard InChI is InChI=1S/C21H25N9O2/c1-13-6-4-5-11-29(13)12-17-18(24-28-30(17)20-19(22)26-32-27-20)21(31)25-23-16-10-9-14-7-2-3-8-15(14)16/h2-3,7-8,13H,4-6,9-12H2,1H3,(H2,22,26)(H,25,31)/b23-16+/t13-/m1/s1. The van der Waals surface area contributed by atoms with Gasteiger partial charge in [0, 0.05) is 18.2 Å². The van der Waals surface area contributed by atoms with Gasteiger partial charge in [-0.3, -0.25) is 9.69 Å². The fourth-order valence-corrected chi connectivity index (χ4v) is 4.41. The summed E-state index contributed by atoms with van der Waals surface area (Å²) in [5.74, 6) is -0.132. The smallest absolute Gasteiger partial charge is 0.293 e. The maximum Gasteiger partial charge on any atom is 0.293 e. The predicted molar refractivity (Wildman–Crippen MR) is 116 cm³/mol. The second-order valence-corrected chi connectivity index (χ2v) is 8.24. The van der Waals surface area contributed by atoms with Crippen LogP contribution in [0.15, 0.2) is 34.0 Å². The van der Waals surface area contributed by atoms with E-state index >= 15 is 0 Å². The molecule has 32 heavy (non-hydrogen) atoms. The van der Waals surface area contributed by atoms with E-state index in [9.17, 15) is 4.79 Å². The van der Waals surface area contributed by atoms with Crippen molar-refractivity contribution < 1.29 is 9.42 Å². The van der Waals surface area contributed by atoms with Crippen molar-refractivity contribution >= 4 is 17.4 Å². The van der Waals surface area contributed by atoms with Crippen LogP contribution in [0.1, 0.15) is 59.9 Å². The van der Waals surface area contributed by atoms with Crippen molar-refractivity contribution in [2.45, 2.75) is 51.6 Å². The molecule has 3 aromatic rings. The molecule has 1 atom stereocenters. The molecule has 1 aliphatic heterocycles. The van der Waals surface area contributed by atoms with E-state index < -0.39 is 5.91 Å². The summed E-state index contributed by atoms with van der Waals surface area (Å²) in [6.45, 7) is 3.59. The van der Waals surface area contributed by atoms with Crippen molar-refractivity contribution in [2.24, 2.45) is 5.10 Å². The van der Waals surface area contributed by atoms with Gasteiger partial charge in [-0.1, -0.05) is 35.9 Å². The Hall–Kier alpha value is -3.60. The van der Waals surface area contributed by atoms with E-state index in [2.05, 4.69) is 49.0 Å². The molecule has 11 heteroatoms. The Morgan fingerprint density at radius 2 is 2.16 bits per heavy atom. The molecule has 3 N–H and O–H groups in total. The molecule has 166 valence electrons. The first-order valence-corrected chi connectivity index (χ1v) is 10.8. The van der Waals surface area contributed by atoms with Crippen molar-refractivity contribution in [2.75, 3.05) is 12.3 Å². The third-order valence-corrected chi connectivity index (χ3v) is 6.22. The molecule has 0 bridgehead atoms. The molecule has 5 rings (SSSR count). The number of piperidine rings is 1. The van der Waals surface area contributed by atoms with Crippen molar-refractivity contribution in [3.8, 4) is 5.82 Å². The number of nitrogen functional groups attached to an aromatic ring is 1. The molecule has 0 unspecified atom stereocenters. The zero-order valence-electron chi connectivity index (χ0n) is 17.9. The number of carbonyl (C=O) groups is 1. The quantitative estimate of drug-likeness (QED) is 0.577. The summed E-state index contributed by atoms with van der Waals surface area (Å²) in [5, 5.41) is 20.1.